The Hall–Kier alpha value is -1.40. The second-order valence-corrected chi connectivity index (χ2v) is 6.03. The van der Waals surface area contributed by atoms with Gasteiger partial charge in [-0.15, -0.1) is 0 Å². The molecule has 1 aromatic heterocycles. The molecule has 0 bridgehead atoms. The van der Waals surface area contributed by atoms with Crippen LogP contribution in [0.2, 0.25) is 0 Å². The van der Waals surface area contributed by atoms with Crippen LogP contribution in [0.15, 0.2) is 12.4 Å². The van der Waals surface area contributed by atoms with Crippen molar-refractivity contribution in [3.63, 3.8) is 0 Å². The van der Waals surface area contributed by atoms with Crippen molar-refractivity contribution in [2.24, 2.45) is 7.05 Å². The minimum absolute atomic E-state index is 0.155. The number of hydrogen-bond acceptors (Lipinski definition) is 4. The first-order valence-corrected chi connectivity index (χ1v) is 7.74. The lowest BCUT2D eigenvalue weighted by Crippen LogP contribution is -2.52. The Labute approximate surface area is 125 Å². The number of carbonyl (C=O) groups excluding carboxylic acids is 1. The molecule has 0 radical (unpaired) electrons. The van der Waals surface area contributed by atoms with Crippen LogP contribution in [0.4, 0.5) is 0 Å². The van der Waals surface area contributed by atoms with Gasteiger partial charge >= 0.3 is 0 Å². The van der Waals surface area contributed by atoms with Gasteiger partial charge in [-0.25, -0.2) is 4.98 Å². The molecule has 2 saturated heterocycles. The number of carbonyl (C=O) groups is 1. The summed E-state index contributed by atoms with van der Waals surface area (Å²) in [5, 5.41) is 0. The van der Waals surface area contributed by atoms with E-state index in [2.05, 4.69) is 16.9 Å². The third kappa shape index (κ3) is 2.96. The Morgan fingerprint density at radius 1 is 1.33 bits per heavy atom. The second-order valence-electron chi connectivity index (χ2n) is 6.03. The molecule has 1 aromatic rings. The maximum absolute atomic E-state index is 12.6. The van der Waals surface area contributed by atoms with Crippen molar-refractivity contribution in [2.45, 2.75) is 31.4 Å². The van der Waals surface area contributed by atoms with Crippen molar-refractivity contribution < 1.29 is 9.53 Å². The standard InChI is InChI=1S/C15H24N4O2/c1-17-8-9-19(15(20)13-5-3-4-10-21-13)11-12(17)14-16-6-7-18(14)2/h6-7,12-13H,3-5,8-11H2,1-2H3/t12-,13+/m0/s1. The van der Waals surface area contributed by atoms with Gasteiger partial charge in [0.05, 0.1) is 6.04 Å². The minimum Gasteiger partial charge on any atom is -0.368 e. The summed E-state index contributed by atoms with van der Waals surface area (Å²) in [6, 6.07) is 0.159. The van der Waals surface area contributed by atoms with Gasteiger partial charge in [-0.1, -0.05) is 0 Å². The van der Waals surface area contributed by atoms with Gasteiger partial charge in [0.15, 0.2) is 0 Å². The molecule has 21 heavy (non-hydrogen) atoms. The molecule has 116 valence electrons. The zero-order valence-electron chi connectivity index (χ0n) is 12.9. The van der Waals surface area contributed by atoms with Crippen molar-refractivity contribution in [2.75, 3.05) is 33.3 Å². The third-order valence-corrected chi connectivity index (χ3v) is 4.57. The van der Waals surface area contributed by atoms with Gasteiger partial charge in [-0.2, -0.15) is 0 Å². The molecular formula is C15H24N4O2. The van der Waals surface area contributed by atoms with Crippen molar-refractivity contribution in [3.05, 3.63) is 18.2 Å². The predicted molar refractivity (Wildman–Crippen MR) is 78.8 cm³/mol. The first kappa shape index (κ1) is 14.5. The zero-order valence-corrected chi connectivity index (χ0v) is 12.9. The molecule has 6 heteroatoms. The average molecular weight is 292 g/mol. The number of ether oxygens (including phenoxy) is 1. The van der Waals surface area contributed by atoms with Crippen LogP contribution in [0.25, 0.3) is 0 Å². The molecule has 0 aliphatic carbocycles. The molecular weight excluding hydrogens is 268 g/mol. The van der Waals surface area contributed by atoms with Gasteiger partial charge in [0.1, 0.15) is 11.9 Å². The molecule has 6 nitrogen and oxygen atoms in total. The highest BCUT2D eigenvalue weighted by Crippen LogP contribution is 2.24. The molecule has 0 saturated carbocycles. The highest BCUT2D eigenvalue weighted by Gasteiger charge is 2.34. The Morgan fingerprint density at radius 2 is 2.19 bits per heavy atom. The number of piperazine rings is 1. The number of amides is 1. The van der Waals surface area contributed by atoms with Gasteiger partial charge in [0.25, 0.3) is 5.91 Å². The number of likely N-dealkylation sites (N-methyl/N-ethyl adjacent to an activating group) is 1. The highest BCUT2D eigenvalue weighted by atomic mass is 16.5. The van der Waals surface area contributed by atoms with E-state index in [1.807, 2.05) is 28.9 Å². The van der Waals surface area contributed by atoms with E-state index in [0.717, 1.165) is 38.2 Å². The summed E-state index contributed by atoms with van der Waals surface area (Å²) in [6.07, 6.45) is 6.56. The van der Waals surface area contributed by atoms with Gasteiger partial charge in [-0.05, 0) is 26.3 Å². The van der Waals surface area contributed by atoms with Gasteiger partial charge < -0.3 is 14.2 Å². The SMILES string of the molecule is CN1CCN(C(=O)[C@H]2CCCCO2)C[C@H]1c1nccn1C. The minimum atomic E-state index is -0.232. The monoisotopic (exact) mass is 292 g/mol. The van der Waals surface area contributed by atoms with Crippen molar-refractivity contribution in [1.82, 2.24) is 19.4 Å². The maximum Gasteiger partial charge on any atom is 0.251 e. The summed E-state index contributed by atoms with van der Waals surface area (Å²) < 4.78 is 7.68. The van der Waals surface area contributed by atoms with E-state index < -0.39 is 0 Å². The molecule has 3 heterocycles. The molecule has 2 aliphatic heterocycles. The summed E-state index contributed by atoms with van der Waals surface area (Å²) >= 11 is 0. The van der Waals surface area contributed by atoms with Gasteiger partial charge in [0, 0.05) is 45.7 Å². The largest absolute Gasteiger partial charge is 0.368 e. The summed E-state index contributed by atoms with van der Waals surface area (Å²) in [6.45, 7) is 3.05. The first-order valence-electron chi connectivity index (χ1n) is 7.74. The van der Waals surface area contributed by atoms with Crippen molar-refractivity contribution in [1.29, 1.82) is 0 Å². The van der Waals surface area contributed by atoms with Gasteiger partial charge in [0.2, 0.25) is 0 Å². The topological polar surface area (TPSA) is 50.6 Å². The molecule has 2 aliphatic rings. The summed E-state index contributed by atoms with van der Waals surface area (Å²) in [4.78, 5) is 21.3. The van der Waals surface area contributed by atoms with Crippen LogP contribution < -0.4 is 0 Å². The number of aryl methyl sites for hydroxylation is 1. The van der Waals surface area contributed by atoms with E-state index in [1.165, 1.54) is 0 Å². The normalized spacial score (nSPS) is 27.8. The van der Waals surface area contributed by atoms with Crippen LogP contribution in [-0.2, 0) is 16.6 Å². The average Bonchev–Trinajstić information content (AvgIpc) is 2.94. The molecule has 3 rings (SSSR count). The Balaban J connectivity index is 1.70. The predicted octanol–water partition coefficient (Wildman–Crippen LogP) is 0.804. The summed E-state index contributed by atoms with van der Waals surface area (Å²) in [5.74, 6) is 1.17. The molecule has 2 atom stereocenters. The van der Waals surface area contributed by atoms with E-state index in [0.29, 0.717) is 13.2 Å². The lowest BCUT2D eigenvalue weighted by atomic mass is 10.1. The van der Waals surface area contributed by atoms with Crippen LogP contribution in [0.1, 0.15) is 31.1 Å². The fourth-order valence-electron chi connectivity index (χ4n) is 3.19. The fourth-order valence-corrected chi connectivity index (χ4v) is 3.19. The summed E-state index contributed by atoms with van der Waals surface area (Å²) in [5.41, 5.74) is 0. The van der Waals surface area contributed by atoms with Crippen molar-refractivity contribution >= 4 is 5.91 Å². The number of aromatic nitrogens is 2. The van der Waals surface area contributed by atoms with E-state index >= 15 is 0 Å². The second kappa shape index (κ2) is 6.15. The number of nitrogens with zero attached hydrogens (tertiary/aromatic N) is 4. The molecule has 0 aromatic carbocycles. The zero-order chi connectivity index (χ0) is 14.8. The number of imidazole rings is 1. The van der Waals surface area contributed by atoms with E-state index in [9.17, 15) is 4.79 Å². The maximum atomic E-state index is 12.6. The molecule has 0 spiro atoms. The molecule has 0 N–H and O–H groups in total. The van der Waals surface area contributed by atoms with Crippen molar-refractivity contribution in [3.8, 4) is 0 Å². The van der Waals surface area contributed by atoms with Gasteiger partial charge in [-0.3, -0.25) is 9.69 Å². The Bertz CT molecular complexity index is 496. The molecule has 1 amide bonds. The summed E-state index contributed by atoms with van der Waals surface area (Å²) in [7, 11) is 4.10. The number of rotatable bonds is 2. The van der Waals surface area contributed by atoms with Crippen LogP contribution >= 0.6 is 0 Å². The van der Waals surface area contributed by atoms with Crippen LogP contribution in [0.5, 0.6) is 0 Å². The smallest absolute Gasteiger partial charge is 0.251 e. The lowest BCUT2D eigenvalue weighted by Gasteiger charge is -2.40. The van der Waals surface area contributed by atoms with E-state index in [4.69, 9.17) is 4.74 Å². The molecule has 2 fully saturated rings. The lowest BCUT2D eigenvalue weighted by molar-refractivity contribution is -0.149. The first-order chi connectivity index (χ1) is 10.2. The van der Waals surface area contributed by atoms with Crippen LogP contribution in [-0.4, -0.2) is 64.7 Å². The van der Waals surface area contributed by atoms with Crippen LogP contribution in [0.3, 0.4) is 0 Å². The number of hydrogen-bond donors (Lipinski definition) is 0. The third-order valence-electron chi connectivity index (χ3n) is 4.57. The van der Waals surface area contributed by atoms with E-state index in [1.54, 1.807) is 0 Å². The fraction of sp³-hybridized carbons (Fsp3) is 0.733. The Kier molecular flexibility index (Phi) is 4.26. The molecule has 0 unspecified atom stereocenters. The quantitative estimate of drug-likeness (QED) is 0.809. The Morgan fingerprint density at radius 3 is 2.86 bits per heavy atom. The van der Waals surface area contributed by atoms with E-state index in [-0.39, 0.29) is 18.1 Å². The highest BCUT2D eigenvalue weighted by molar-refractivity contribution is 5.81. The van der Waals surface area contributed by atoms with Crippen LogP contribution in [0, 0.1) is 0 Å².